The Morgan fingerprint density at radius 3 is 1.91 bits per heavy atom. The number of Topliss-reactive ketones (excluding diaryl/α,β-unsaturated/α-hetero) is 1. The molecule has 2 atom stereocenters. The van der Waals surface area contributed by atoms with Gasteiger partial charge in [0.2, 0.25) is 0 Å². The Bertz CT molecular complexity index is 158. The summed E-state index contributed by atoms with van der Waals surface area (Å²) in [4.78, 5) is 11.2. The second-order valence-electron chi connectivity index (χ2n) is 3.32. The molecule has 0 saturated carbocycles. The summed E-state index contributed by atoms with van der Waals surface area (Å²) in [5.41, 5.74) is 0. The van der Waals surface area contributed by atoms with Crippen molar-refractivity contribution >= 4 is 5.78 Å². The lowest BCUT2D eigenvalue weighted by atomic mass is 10.1. The fourth-order valence-corrected chi connectivity index (χ4v) is 1.33. The summed E-state index contributed by atoms with van der Waals surface area (Å²) in [6.07, 6.45) is -0.678. The molecule has 0 aliphatic carbocycles. The third kappa shape index (κ3) is 1.79. The predicted molar refractivity (Wildman–Crippen MR) is 40.2 cm³/mol. The van der Waals surface area contributed by atoms with E-state index in [9.17, 15) is 4.79 Å². The number of ketones is 1. The number of rotatable bonds is 0. The Kier molecular flexibility index (Phi) is 2.03. The first-order valence-corrected chi connectivity index (χ1v) is 3.82. The number of ether oxygens (including phenoxy) is 2. The standard InChI is InChI=1S/C8H14O3/c1-5-7(9)6(2)11-8(3,4)10-5/h5-6H,1-4H3/t5-,6+. The van der Waals surface area contributed by atoms with Crippen LogP contribution in [-0.4, -0.2) is 23.8 Å². The van der Waals surface area contributed by atoms with Crippen LogP contribution in [0.1, 0.15) is 27.7 Å². The van der Waals surface area contributed by atoms with Crippen LogP contribution in [0.5, 0.6) is 0 Å². The van der Waals surface area contributed by atoms with Crippen LogP contribution in [0.4, 0.5) is 0 Å². The number of carbonyl (C=O) groups excluding carboxylic acids is 1. The predicted octanol–water partition coefficient (Wildman–Crippen LogP) is 1.12. The third-order valence-electron chi connectivity index (χ3n) is 1.72. The van der Waals surface area contributed by atoms with Crippen molar-refractivity contribution in [2.24, 2.45) is 0 Å². The van der Waals surface area contributed by atoms with Crippen molar-refractivity contribution in [3.05, 3.63) is 0 Å². The van der Waals surface area contributed by atoms with Crippen LogP contribution in [0.3, 0.4) is 0 Å². The Balaban J connectivity index is 2.70. The van der Waals surface area contributed by atoms with Gasteiger partial charge in [0.25, 0.3) is 0 Å². The topological polar surface area (TPSA) is 35.5 Å². The summed E-state index contributed by atoms with van der Waals surface area (Å²) in [5, 5.41) is 0. The average Bonchev–Trinajstić information content (AvgIpc) is 1.81. The summed E-state index contributed by atoms with van der Waals surface area (Å²) in [6, 6.07) is 0. The lowest BCUT2D eigenvalue weighted by Crippen LogP contribution is -2.49. The maximum atomic E-state index is 11.2. The first-order chi connectivity index (χ1) is 4.92. The highest BCUT2D eigenvalue weighted by atomic mass is 16.7. The van der Waals surface area contributed by atoms with Crippen LogP contribution in [0, 0.1) is 0 Å². The SMILES string of the molecule is C[C@@H]1OC(C)(C)O[C@H](C)C1=O. The van der Waals surface area contributed by atoms with E-state index in [-0.39, 0.29) is 18.0 Å². The van der Waals surface area contributed by atoms with Gasteiger partial charge in [0.1, 0.15) is 12.2 Å². The molecule has 1 rings (SSSR count). The van der Waals surface area contributed by atoms with Crippen molar-refractivity contribution < 1.29 is 14.3 Å². The second-order valence-corrected chi connectivity index (χ2v) is 3.32. The Hall–Kier alpha value is -0.410. The first kappa shape index (κ1) is 8.68. The number of hydrogen-bond donors (Lipinski definition) is 0. The molecule has 0 unspecified atom stereocenters. The van der Waals surface area contributed by atoms with E-state index < -0.39 is 5.79 Å². The molecule has 1 aliphatic heterocycles. The molecule has 0 radical (unpaired) electrons. The van der Waals surface area contributed by atoms with Crippen LogP contribution in [0.2, 0.25) is 0 Å². The highest BCUT2D eigenvalue weighted by Crippen LogP contribution is 2.23. The number of carbonyl (C=O) groups is 1. The summed E-state index contributed by atoms with van der Waals surface area (Å²) in [7, 11) is 0. The van der Waals surface area contributed by atoms with E-state index in [1.54, 1.807) is 13.8 Å². The minimum absolute atomic E-state index is 0.0179. The average molecular weight is 158 g/mol. The van der Waals surface area contributed by atoms with Gasteiger partial charge in [-0.25, -0.2) is 0 Å². The zero-order valence-corrected chi connectivity index (χ0v) is 7.38. The third-order valence-corrected chi connectivity index (χ3v) is 1.72. The van der Waals surface area contributed by atoms with Gasteiger partial charge >= 0.3 is 0 Å². The van der Waals surface area contributed by atoms with Gasteiger partial charge in [-0.1, -0.05) is 0 Å². The minimum atomic E-state index is -0.618. The van der Waals surface area contributed by atoms with Crippen LogP contribution >= 0.6 is 0 Å². The van der Waals surface area contributed by atoms with Crippen molar-refractivity contribution in [1.82, 2.24) is 0 Å². The largest absolute Gasteiger partial charge is 0.340 e. The lowest BCUT2D eigenvalue weighted by Gasteiger charge is -2.37. The van der Waals surface area contributed by atoms with Crippen molar-refractivity contribution in [1.29, 1.82) is 0 Å². The molecule has 0 N–H and O–H groups in total. The van der Waals surface area contributed by atoms with Gasteiger partial charge in [-0.15, -0.1) is 0 Å². The van der Waals surface area contributed by atoms with Gasteiger partial charge in [0.15, 0.2) is 11.6 Å². The molecule has 11 heavy (non-hydrogen) atoms. The molecule has 0 aromatic rings. The minimum Gasteiger partial charge on any atom is -0.340 e. The van der Waals surface area contributed by atoms with E-state index >= 15 is 0 Å². The molecule has 3 heteroatoms. The Labute approximate surface area is 66.7 Å². The molecule has 0 spiro atoms. The molecule has 0 amide bonds. The van der Waals surface area contributed by atoms with Crippen LogP contribution in [-0.2, 0) is 14.3 Å². The second kappa shape index (κ2) is 2.57. The maximum absolute atomic E-state index is 11.2. The zero-order valence-electron chi connectivity index (χ0n) is 7.38. The molecule has 0 aromatic carbocycles. The summed E-state index contributed by atoms with van der Waals surface area (Å²) in [5.74, 6) is -0.600. The molecule has 0 aromatic heterocycles. The highest BCUT2D eigenvalue weighted by Gasteiger charge is 2.37. The van der Waals surface area contributed by atoms with Gasteiger partial charge in [-0.2, -0.15) is 0 Å². The molecular formula is C8H14O3. The normalized spacial score (nSPS) is 37.3. The van der Waals surface area contributed by atoms with Crippen molar-refractivity contribution in [3.63, 3.8) is 0 Å². The van der Waals surface area contributed by atoms with E-state index in [0.717, 1.165) is 0 Å². The molecular weight excluding hydrogens is 144 g/mol. The molecule has 3 nitrogen and oxygen atoms in total. The fraction of sp³-hybridized carbons (Fsp3) is 0.875. The molecule has 64 valence electrons. The molecule has 1 heterocycles. The number of hydrogen-bond acceptors (Lipinski definition) is 3. The van der Waals surface area contributed by atoms with Crippen molar-refractivity contribution in [2.45, 2.75) is 45.7 Å². The summed E-state index contributed by atoms with van der Waals surface area (Å²) < 4.78 is 10.6. The highest BCUT2D eigenvalue weighted by molar-refractivity contribution is 5.87. The van der Waals surface area contributed by atoms with Crippen molar-refractivity contribution in [2.75, 3.05) is 0 Å². The van der Waals surface area contributed by atoms with E-state index in [0.29, 0.717) is 0 Å². The first-order valence-electron chi connectivity index (χ1n) is 3.82. The van der Waals surface area contributed by atoms with E-state index in [1.165, 1.54) is 0 Å². The quantitative estimate of drug-likeness (QED) is 0.530. The van der Waals surface area contributed by atoms with Gasteiger partial charge < -0.3 is 9.47 Å². The molecule has 1 fully saturated rings. The van der Waals surface area contributed by atoms with Crippen LogP contribution in [0.25, 0.3) is 0 Å². The van der Waals surface area contributed by atoms with Crippen LogP contribution < -0.4 is 0 Å². The van der Waals surface area contributed by atoms with Gasteiger partial charge in [-0.05, 0) is 27.7 Å². The maximum Gasteiger partial charge on any atom is 0.189 e. The van der Waals surface area contributed by atoms with Gasteiger partial charge in [0, 0.05) is 0 Å². The monoisotopic (exact) mass is 158 g/mol. The van der Waals surface area contributed by atoms with E-state index in [1.807, 2.05) is 13.8 Å². The summed E-state index contributed by atoms with van der Waals surface area (Å²) in [6.45, 7) is 7.13. The molecule has 1 saturated heterocycles. The van der Waals surface area contributed by atoms with Crippen molar-refractivity contribution in [3.8, 4) is 0 Å². The zero-order chi connectivity index (χ0) is 8.65. The smallest absolute Gasteiger partial charge is 0.189 e. The summed E-state index contributed by atoms with van der Waals surface area (Å²) >= 11 is 0. The fourth-order valence-electron chi connectivity index (χ4n) is 1.33. The van der Waals surface area contributed by atoms with E-state index in [4.69, 9.17) is 9.47 Å². The Morgan fingerprint density at radius 1 is 1.18 bits per heavy atom. The molecule has 0 bridgehead atoms. The Morgan fingerprint density at radius 2 is 1.55 bits per heavy atom. The lowest BCUT2D eigenvalue weighted by molar-refractivity contribution is -0.273. The molecule has 1 aliphatic rings. The van der Waals surface area contributed by atoms with Gasteiger partial charge in [-0.3, -0.25) is 4.79 Å². The van der Waals surface area contributed by atoms with E-state index in [2.05, 4.69) is 0 Å². The van der Waals surface area contributed by atoms with Crippen LogP contribution in [0.15, 0.2) is 0 Å². The van der Waals surface area contributed by atoms with Gasteiger partial charge in [0.05, 0.1) is 0 Å².